The Labute approximate surface area is 143 Å². The third-order valence-corrected chi connectivity index (χ3v) is 6.07. The number of piperidine rings is 1. The van der Waals surface area contributed by atoms with Gasteiger partial charge in [0.15, 0.2) is 0 Å². The van der Waals surface area contributed by atoms with Gasteiger partial charge in [0.25, 0.3) is 0 Å². The van der Waals surface area contributed by atoms with Crippen LogP contribution >= 0.6 is 0 Å². The normalized spacial score (nSPS) is 16.1. The van der Waals surface area contributed by atoms with E-state index in [9.17, 15) is 8.42 Å². The molecule has 1 fully saturated rings. The first-order valence-electron chi connectivity index (χ1n) is 8.27. The molecule has 0 saturated carbocycles. The van der Waals surface area contributed by atoms with Gasteiger partial charge in [-0.3, -0.25) is 0 Å². The van der Waals surface area contributed by atoms with Gasteiger partial charge >= 0.3 is 0 Å². The van der Waals surface area contributed by atoms with E-state index >= 15 is 0 Å². The Kier molecular flexibility index (Phi) is 4.87. The number of benzene rings is 1. The first kappa shape index (κ1) is 16.9. The van der Waals surface area contributed by atoms with Crippen LogP contribution in [0.1, 0.15) is 30.4 Å². The zero-order valence-corrected chi connectivity index (χ0v) is 14.9. The molecule has 2 aromatic rings. The number of aryl methyl sites for hydroxylation is 2. The molecule has 1 saturated heterocycles. The van der Waals surface area contributed by atoms with Crippen LogP contribution in [0.4, 0.5) is 11.5 Å². The van der Waals surface area contributed by atoms with Crippen molar-refractivity contribution in [1.29, 1.82) is 0 Å². The van der Waals surface area contributed by atoms with Gasteiger partial charge in [-0.05, 0) is 62.1 Å². The smallest absolute Gasteiger partial charge is 0.244 e. The van der Waals surface area contributed by atoms with E-state index < -0.39 is 10.0 Å². The lowest BCUT2D eigenvalue weighted by molar-refractivity contribution is 0.346. The van der Waals surface area contributed by atoms with Crippen molar-refractivity contribution < 1.29 is 8.42 Å². The van der Waals surface area contributed by atoms with Crippen molar-refractivity contribution in [1.82, 2.24) is 9.29 Å². The quantitative estimate of drug-likeness (QED) is 0.919. The number of nitrogens with zero attached hydrogens (tertiary/aromatic N) is 2. The monoisotopic (exact) mass is 345 g/mol. The molecule has 1 N–H and O–H groups in total. The molecule has 0 unspecified atom stereocenters. The number of aromatic nitrogens is 1. The molecule has 0 spiro atoms. The summed E-state index contributed by atoms with van der Waals surface area (Å²) in [5, 5.41) is 3.22. The molecule has 1 aliphatic rings. The van der Waals surface area contributed by atoms with E-state index in [-0.39, 0.29) is 4.90 Å². The second-order valence-electron chi connectivity index (χ2n) is 6.35. The SMILES string of the molecule is Cc1cc(C)cc(Nc2ccc(S(=O)(=O)N3CCCCC3)cn2)c1. The maximum absolute atomic E-state index is 12.6. The molecule has 0 bridgehead atoms. The van der Waals surface area contributed by atoms with E-state index in [4.69, 9.17) is 0 Å². The van der Waals surface area contributed by atoms with Gasteiger partial charge in [0.1, 0.15) is 10.7 Å². The average molecular weight is 345 g/mol. The minimum absolute atomic E-state index is 0.260. The van der Waals surface area contributed by atoms with Crippen LogP contribution in [0.2, 0.25) is 0 Å². The maximum atomic E-state index is 12.6. The molecule has 2 heterocycles. The number of anilines is 2. The first-order chi connectivity index (χ1) is 11.4. The lowest BCUT2D eigenvalue weighted by Crippen LogP contribution is -2.35. The van der Waals surface area contributed by atoms with Crippen LogP contribution in [0.3, 0.4) is 0 Å². The van der Waals surface area contributed by atoms with Crippen molar-refractivity contribution in [2.24, 2.45) is 0 Å². The summed E-state index contributed by atoms with van der Waals surface area (Å²) in [6, 6.07) is 9.52. The van der Waals surface area contributed by atoms with Crippen molar-refractivity contribution in [2.45, 2.75) is 38.0 Å². The van der Waals surface area contributed by atoms with Crippen molar-refractivity contribution >= 4 is 21.5 Å². The summed E-state index contributed by atoms with van der Waals surface area (Å²) in [4.78, 5) is 4.54. The Morgan fingerprint density at radius 3 is 2.25 bits per heavy atom. The average Bonchev–Trinajstić information content (AvgIpc) is 2.55. The van der Waals surface area contributed by atoms with Crippen molar-refractivity contribution in [3.05, 3.63) is 47.7 Å². The van der Waals surface area contributed by atoms with Crippen LogP contribution in [-0.4, -0.2) is 30.8 Å². The van der Waals surface area contributed by atoms with Gasteiger partial charge in [-0.15, -0.1) is 0 Å². The Morgan fingerprint density at radius 2 is 1.67 bits per heavy atom. The summed E-state index contributed by atoms with van der Waals surface area (Å²) in [6.07, 6.45) is 4.40. The number of pyridine rings is 1. The van der Waals surface area contributed by atoms with Crippen molar-refractivity contribution in [2.75, 3.05) is 18.4 Å². The van der Waals surface area contributed by atoms with E-state index in [2.05, 4.69) is 16.4 Å². The topological polar surface area (TPSA) is 62.3 Å². The standard InChI is InChI=1S/C18H23N3O2S/c1-14-10-15(2)12-16(11-14)20-18-7-6-17(13-19-18)24(22,23)21-8-4-3-5-9-21/h6-7,10-13H,3-5,8-9H2,1-2H3,(H,19,20). The molecule has 24 heavy (non-hydrogen) atoms. The molecule has 1 aromatic heterocycles. The molecule has 6 heteroatoms. The molecule has 0 radical (unpaired) electrons. The molecule has 5 nitrogen and oxygen atoms in total. The van der Waals surface area contributed by atoms with Crippen LogP contribution in [0.15, 0.2) is 41.4 Å². The van der Waals surface area contributed by atoms with Crippen LogP contribution in [-0.2, 0) is 10.0 Å². The Hall–Kier alpha value is -1.92. The molecule has 0 amide bonds. The fourth-order valence-corrected chi connectivity index (χ4v) is 4.52. The third-order valence-electron chi connectivity index (χ3n) is 4.18. The first-order valence-corrected chi connectivity index (χ1v) is 9.71. The van der Waals surface area contributed by atoms with Gasteiger partial charge in [-0.25, -0.2) is 13.4 Å². The highest BCUT2D eigenvalue weighted by molar-refractivity contribution is 7.89. The van der Waals surface area contributed by atoms with E-state index in [0.717, 1.165) is 24.9 Å². The lowest BCUT2D eigenvalue weighted by atomic mass is 10.1. The van der Waals surface area contributed by atoms with Gasteiger partial charge in [0.2, 0.25) is 10.0 Å². The molecule has 3 rings (SSSR count). The number of nitrogens with one attached hydrogen (secondary N) is 1. The van der Waals surface area contributed by atoms with E-state index in [1.807, 2.05) is 26.0 Å². The van der Waals surface area contributed by atoms with Crippen molar-refractivity contribution in [3.8, 4) is 0 Å². The minimum Gasteiger partial charge on any atom is -0.340 e. The zero-order valence-electron chi connectivity index (χ0n) is 14.1. The van der Waals surface area contributed by atoms with E-state index in [1.54, 1.807) is 16.4 Å². The maximum Gasteiger partial charge on any atom is 0.244 e. The fourth-order valence-electron chi connectivity index (χ4n) is 3.06. The number of hydrogen-bond acceptors (Lipinski definition) is 4. The molecule has 0 aliphatic carbocycles. The summed E-state index contributed by atoms with van der Waals surface area (Å²) in [7, 11) is -3.42. The summed E-state index contributed by atoms with van der Waals surface area (Å²) < 4.78 is 26.8. The summed E-state index contributed by atoms with van der Waals surface area (Å²) in [6.45, 7) is 5.29. The molecule has 1 aromatic carbocycles. The van der Waals surface area contributed by atoms with Crippen LogP contribution in [0.25, 0.3) is 0 Å². The molecule has 0 atom stereocenters. The summed E-state index contributed by atoms with van der Waals surface area (Å²) in [5.41, 5.74) is 3.29. The van der Waals surface area contributed by atoms with Crippen molar-refractivity contribution in [3.63, 3.8) is 0 Å². The highest BCUT2D eigenvalue weighted by atomic mass is 32.2. The zero-order chi connectivity index (χ0) is 17.2. The highest BCUT2D eigenvalue weighted by Crippen LogP contribution is 2.22. The van der Waals surface area contributed by atoms with Gasteiger partial charge < -0.3 is 5.32 Å². The summed E-state index contributed by atoms with van der Waals surface area (Å²) >= 11 is 0. The lowest BCUT2D eigenvalue weighted by Gasteiger charge is -2.25. The third kappa shape index (κ3) is 3.76. The number of hydrogen-bond donors (Lipinski definition) is 1. The summed E-state index contributed by atoms with van der Waals surface area (Å²) in [5.74, 6) is 0.637. The molecular weight excluding hydrogens is 322 g/mol. The van der Waals surface area contributed by atoms with Gasteiger partial charge in [0, 0.05) is 25.0 Å². The Balaban J connectivity index is 1.77. The van der Waals surface area contributed by atoms with Crippen LogP contribution in [0, 0.1) is 13.8 Å². The van der Waals surface area contributed by atoms with Gasteiger partial charge in [-0.2, -0.15) is 4.31 Å². The van der Waals surface area contributed by atoms with Crippen LogP contribution < -0.4 is 5.32 Å². The number of sulfonamides is 1. The molecular formula is C18H23N3O2S. The second kappa shape index (κ2) is 6.91. The van der Waals surface area contributed by atoms with E-state index in [1.165, 1.54) is 17.3 Å². The fraction of sp³-hybridized carbons (Fsp3) is 0.389. The largest absolute Gasteiger partial charge is 0.340 e. The van der Waals surface area contributed by atoms with E-state index in [0.29, 0.717) is 18.9 Å². The second-order valence-corrected chi connectivity index (χ2v) is 8.28. The predicted octanol–water partition coefficient (Wildman–Crippen LogP) is 3.62. The predicted molar refractivity (Wildman–Crippen MR) is 96.0 cm³/mol. The molecule has 128 valence electrons. The van der Waals surface area contributed by atoms with Crippen LogP contribution in [0.5, 0.6) is 0 Å². The number of rotatable bonds is 4. The van der Waals surface area contributed by atoms with Gasteiger partial charge in [0.05, 0.1) is 0 Å². The van der Waals surface area contributed by atoms with Gasteiger partial charge in [-0.1, -0.05) is 12.5 Å². The Morgan fingerprint density at radius 1 is 1.00 bits per heavy atom. The molecule has 1 aliphatic heterocycles. The highest BCUT2D eigenvalue weighted by Gasteiger charge is 2.26. The minimum atomic E-state index is -3.42. The Bertz CT molecular complexity index is 790.